The number of nitrogens with one attached hydrogen (secondary N) is 2. The molecule has 0 saturated carbocycles. The van der Waals surface area contributed by atoms with Crippen LogP contribution >= 0.6 is 0 Å². The Balaban J connectivity index is 1.26. The van der Waals surface area contributed by atoms with Crippen LogP contribution in [0.2, 0.25) is 0 Å². The highest BCUT2D eigenvalue weighted by Gasteiger charge is 2.22. The number of hydrogen-bond acceptors (Lipinski definition) is 5. The van der Waals surface area contributed by atoms with Crippen LogP contribution in [0.3, 0.4) is 0 Å². The molecular weight excluding hydrogens is 390 g/mol. The summed E-state index contributed by atoms with van der Waals surface area (Å²) in [6.07, 6.45) is 1.37. The van der Waals surface area contributed by atoms with Crippen molar-refractivity contribution in [1.82, 2.24) is 10.2 Å². The molecular formula is C25H33N3O3. The van der Waals surface area contributed by atoms with Crippen LogP contribution in [-0.4, -0.2) is 60.9 Å². The van der Waals surface area contributed by atoms with Gasteiger partial charge < -0.3 is 20.5 Å². The third-order valence-electron chi connectivity index (χ3n) is 6.29. The van der Waals surface area contributed by atoms with Crippen LogP contribution in [0.25, 0.3) is 0 Å². The van der Waals surface area contributed by atoms with Crippen LogP contribution < -0.4 is 10.6 Å². The topological polar surface area (TPSA) is 73.8 Å². The maximum Gasteiger partial charge on any atom is 0.251 e. The fourth-order valence-electron chi connectivity index (χ4n) is 4.44. The van der Waals surface area contributed by atoms with Gasteiger partial charge in [0.25, 0.3) is 5.91 Å². The number of aliphatic hydroxyl groups excluding tert-OH is 1. The summed E-state index contributed by atoms with van der Waals surface area (Å²) in [4.78, 5) is 14.9. The monoisotopic (exact) mass is 423 g/mol. The van der Waals surface area contributed by atoms with Gasteiger partial charge in [-0.15, -0.1) is 0 Å². The van der Waals surface area contributed by atoms with E-state index < -0.39 is 6.10 Å². The maximum atomic E-state index is 12.6. The number of anilines is 1. The van der Waals surface area contributed by atoms with E-state index in [0.717, 1.165) is 44.8 Å². The normalized spacial score (nSPS) is 22.4. The number of hydrogen-bond donors (Lipinski definition) is 3. The van der Waals surface area contributed by atoms with Gasteiger partial charge in [0.05, 0.1) is 12.7 Å². The number of aliphatic hydroxyl groups is 1. The van der Waals surface area contributed by atoms with Gasteiger partial charge >= 0.3 is 0 Å². The van der Waals surface area contributed by atoms with Gasteiger partial charge in [0.2, 0.25) is 0 Å². The summed E-state index contributed by atoms with van der Waals surface area (Å²) in [7, 11) is 0. The largest absolute Gasteiger partial charge is 0.390 e. The molecule has 0 aliphatic carbocycles. The van der Waals surface area contributed by atoms with E-state index in [4.69, 9.17) is 4.74 Å². The summed E-state index contributed by atoms with van der Waals surface area (Å²) in [5.41, 5.74) is 4.26. The van der Waals surface area contributed by atoms with Crippen molar-refractivity contribution in [3.05, 3.63) is 65.2 Å². The fraction of sp³-hybridized carbons (Fsp3) is 0.480. The summed E-state index contributed by atoms with van der Waals surface area (Å²) in [5, 5.41) is 16.9. The minimum Gasteiger partial charge on any atom is -0.390 e. The van der Waals surface area contributed by atoms with Crippen molar-refractivity contribution in [2.75, 3.05) is 38.2 Å². The first-order valence-corrected chi connectivity index (χ1v) is 11.3. The minimum absolute atomic E-state index is 0.160. The van der Waals surface area contributed by atoms with E-state index in [0.29, 0.717) is 24.1 Å². The molecule has 2 aromatic rings. The molecule has 0 spiro atoms. The molecule has 1 saturated heterocycles. The zero-order valence-electron chi connectivity index (χ0n) is 18.2. The Morgan fingerprint density at radius 2 is 2.06 bits per heavy atom. The number of benzene rings is 2. The average molecular weight is 424 g/mol. The lowest BCUT2D eigenvalue weighted by Crippen LogP contribution is -2.42. The Morgan fingerprint density at radius 1 is 1.23 bits per heavy atom. The lowest BCUT2D eigenvalue weighted by atomic mass is 9.97. The van der Waals surface area contributed by atoms with E-state index in [1.807, 2.05) is 24.3 Å². The highest BCUT2D eigenvalue weighted by Crippen LogP contribution is 2.21. The highest BCUT2D eigenvalue weighted by molar-refractivity contribution is 5.95. The van der Waals surface area contributed by atoms with E-state index in [1.54, 1.807) is 0 Å². The summed E-state index contributed by atoms with van der Waals surface area (Å²) in [6, 6.07) is 16.4. The number of amides is 1. The second kappa shape index (κ2) is 10.3. The molecule has 4 rings (SSSR count). The van der Waals surface area contributed by atoms with Gasteiger partial charge in [0.15, 0.2) is 0 Å². The molecule has 0 bridgehead atoms. The van der Waals surface area contributed by atoms with Gasteiger partial charge in [0, 0.05) is 50.1 Å². The standard InChI is InChI=1S/C25H33N3O3/c1-18-17-31-12-10-24(18)27-22-8-4-7-20(13-22)25(30)26-14-23(29)16-28-11-9-19-5-2-3-6-21(19)15-28/h2-8,13,18,23-24,27,29H,9-12,14-17H2,1H3,(H,26,30). The van der Waals surface area contributed by atoms with Crippen LogP contribution in [0, 0.1) is 5.92 Å². The molecule has 2 aromatic carbocycles. The van der Waals surface area contributed by atoms with Crippen molar-refractivity contribution in [3.8, 4) is 0 Å². The molecule has 2 aliphatic heterocycles. The van der Waals surface area contributed by atoms with Gasteiger partial charge in [-0.25, -0.2) is 0 Å². The smallest absolute Gasteiger partial charge is 0.251 e. The van der Waals surface area contributed by atoms with Crippen LogP contribution in [0.1, 0.15) is 34.8 Å². The first-order chi connectivity index (χ1) is 15.1. The van der Waals surface area contributed by atoms with E-state index >= 15 is 0 Å². The summed E-state index contributed by atoms with van der Waals surface area (Å²) < 4.78 is 5.51. The van der Waals surface area contributed by atoms with Crippen molar-refractivity contribution in [3.63, 3.8) is 0 Å². The fourth-order valence-corrected chi connectivity index (χ4v) is 4.44. The Morgan fingerprint density at radius 3 is 2.90 bits per heavy atom. The zero-order chi connectivity index (χ0) is 21.6. The molecule has 166 valence electrons. The summed E-state index contributed by atoms with van der Waals surface area (Å²) >= 11 is 0. The van der Waals surface area contributed by atoms with Gasteiger partial charge in [-0.05, 0) is 48.1 Å². The van der Waals surface area contributed by atoms with Crippen molar-refractivity contribution in [2.45, 2.75) is 38.5 Å². The lowest BCUT2D eigenvalue weighted by Gasteiger charge is -2.30. The number of rotatable bonds is 7. The van der Waals surface area contributed by atoms with E-state index in [1.165, 1.54) is 11.1 Å². The molecule has 31 heavy (non-hydrogen) atoms. The number of ether oxygens (including phenoxy) is 1. The van der Waals surface area contributed by atoms with Crippen molar-refractivity contribution < 1.29 is 14.6 Å². The Labute approximate surface area is 184 Å². The third-order valence-corrected chi connectivity index (χ3v) is 6.29. The van der Waals surface area contributed by atoms with Crippen molar-refractivity contribution in [2.24, 2.45) is 5.92 Å². The summed E-state index contributed by atoms with van der Waals surface area (Å²) in [6.45, 7) is 6.28. The van der Waals surface area contributed by atoms with Crippen molar-refractivity contribution in [1.29, 1.82) is 0 Å². The number of carbonyl (C=O) groups is 1. The van der Waals surface area contributed by atoms with E-state index in [2.05, 4.69) is 46.7 Å². The van der Waals surface area contributed by atoms with Gasteiger partial charge in [0.1, 0.15) is 0 Å². The van der Waals surface area contributed by atoms with Gasteiger partial charge in [-0.2, -0.15) is 0 Å². The van der Waals surface area contributed by atoms with E-state index in [9.17, 15) is 9.90 Å². The predicted octanol–water partition coefficient (Wildman–Crippen LogP) is 2.67. The van der Waals surface area contributed by atoms with E-state index in [-0.39, 0.29) is 12.5 Å². The molecule has 1 amide bonds. The molecule has 3 atom stereocenters. The molecule has 0 radical (unpaired) electrons. The first kappa shape index (κ1) is 21.8. The summed E-state index contributed by atoms with van der Waals surface area (Å²) in [5.74, 6) is 0.273. The quantitative estimate of drug-likeness (QED) is 0.639. The average Bonchev–Trinajstić information content (AvgIpc) is 2.79. The lowest BCUT2D eigenvalue weighted by molar-refractivity contribution is 0.0537. The van der Waals surface area contributed by atoms with Crippen molar-refractivity contribution >= 4 is 11.6 Å². The number of nitrogens with zero attached hydrogens (tertiary/aromatic N) is 1. The molecule has 0 aromatic heterocycles. The molecule has 1 fully saturated rings. The third kappa shape index (κ3) is 5.85. The SMILES string of the molecule is CC1COCCC1Nc1cccc(C(=O)NCC(O)CN2CCc3ccccc3C2)c1. The Kier molecular flexibility index (Phi) is 7.22. The second-order valence-electron chi connectivity index (χ2n) is 8.79. The zero-order valence-corrected chi connectivity index (χ0v) is 18.2. The molecule has 2 aliphatic rings. The predicted molar refractivity (Wildman–Crippen MR) is 122 cm³/mol. The number of β-amino-alcohol motifs (C(OH)–C–C–N with tert-alkyl or cyclic N) is 1. The van der Waals surface area contributed by atoms with Gasteiger partial charge in [-0.3, -0.25) is 9.69 Å². The maximum absolute atomic E-state index is 12.6. The van der Waals surface area contributed by atoms with Crippen LogP contribution in [0.15, 0.2) is 48.5 Å². The Hall–Kier alpha value is -2.41. The Bertz CT molecular complexity index is 888. The number of carbonyl (C=O) groups excluding carboxylic acids is 1. The molecule has 2 heterocycles. The van der Waals surface area contributed by atoms with Crippen LogP contribution in [-0.2, 0) is 17.7 Å². The number of fused-ring (bicyclic) bond motifs is 1. The molecule has 6 heteroatoms. The van der Waals surface area contributed by atoms with Gasteiger partial charge in [-0.1, -0.05) is 37.3 Å². The molecule has 3 unspecified atom stereocenters. The first-order valence-electron chi connectivity index (χ1n) is 11.3. The second-order valence-corrected chi connectivity index (χ2v) is 8.79. The molecule has 3 N–H and O–H groups in total. The van der Waals surface area contributed by atoms with Crippen LogP contribution in [0.5, 0.6) is 0 Å². The minimum atomic E-state index is -0.599. The van der Waals surface area contributed by atoms with Crippen LogP contribution in [0.4, 0.5) is 5.69 Å². The molecule has 6 nitrogen and oxygen atoms in total. The highest BCUT2D eigenvalue weighted by atomic mass is 16.5.